The number of hydrogen-bond acceptors (Lipinski definition) is 4. The molecule has 0 bridgehead atoms. The molecule has 6 nitrogen and oxygen atoms in total. The van der Waals surface area contributed by atoms with Crippen molar-refractivity contribution in [1.29, 1.82) is 0 Å². The van der Waals surface area contributed by atoms with Crippen molar-refractivity contribution in [3.05, 3.63) is 24.0 Å². The molecule has 1 aromatic heterocycles. The highest BCUT2D eigenvalue weighted by atomic mass is 16.7. The van der Waals surface area contributed by atoms with Crippen molar-refractivity contribution in [2.75, 3.05) is 39.4 Å². The van der Waals surface area contributed by atoms with Crippen LogP contribution >= 0.6 is 0 Å². The average Bonchev–Trinajstić information content (AvgIpc) is 3.14. The van der Waals surface area contributed by atoms with Gasteiger partial charge in [-0.3, -0.25) is 9.69 Å². The van der Waals surface area contributed by atoms with Crippen molar-refractivity contribution in [3.8, 4) is 0 Å². The van der Waals surface area contributed by atoms with Crippen LogP contribution < -0.4 is 5.32 Å². The zero-order valence-electron chi connectivity index (χ0n) is 11.8. The summed E-state index contributed by atoms with van der Waals surface area (Å²) >= 11 is 0. The molecule has 0 aromatic carbocycles. The first-order valence-corrected chi connectivity index (χ1v) is 7.08. The molecule has 2 aliphatic heterocycles. The molecule has 0 radical (unpaired) electrons. The largest absolute Gasteiger partial charge is 0.349 e. The van der Waals surface area contributed by atoms with Gasteiger partial charge in [-0.2, -0.15) is 0 Å². The van der Waals surface area contributed by atoms with E-state index in [4.69, 9.17) is 9.47 Å². The molecule has 0 aliphatic carbocycles. The lowest BCUT2D eigenvalue weighted by Gasteiger charge is -2.22. The van der Waals surface area contributed by atoms with Gasteiger partial charge in [0.1, 0.15) is 5.69 Å². The fraction of sp³-hybridized carbons (Fsp3) is 0.643. The molecule has 3 rings (SSSR count). The minimum Gasteiger partial charge on any atom is -0.349 e. The van der Waals surface area contributed by atoms with Gasteiger partial charge in [0.05, 0.1) is 19.8 Å². The third kappa shape index (κ3) is 2.72. The van der Waals surface area contributed by atoms with Gasteiger partial charge in [0.15, 0.2) is 5.79 Å². The van der Waals surface area contributed by atoms with E-state index >= 15 is 0 Å². The second-order valence-corrected chi connectivity index (χ2v) is 5.39. The third-order valence-electron chi connectivity index (χ3n) is 3.98. The molecule has 2 aliphatic rings. The van der Waals surface area contributed by atoms with Gasteiger partial charge in [-0.05, 0) is 12.1 Å². The first-order valence-electron chi connectivity index (χ1n) is 7.08. The number of ether oxygens (including phenoxy) is 2. The summed E-state index contributed by atoms with van der Waals surface area (Å²) in [5, 5.41) is 2.95. The first kappa shape index (κ1) is 13.6. The van der Waals surface area contributed by atoms with Gasteiger partial charge in [-0.25, -0.2) is 0 Å². The minimum absolute atomic E-state index is 0.0280. The van der Waals surface area contributed by atoms with Gasteiger partial charge in [0.25, 0.3) is 5.91 Å². The number of nitrogens with zero attached hydrogens (tertiary/aromatic N) is 2. The van der Waals surface area contributed by atoms with Crippen molar-refractivity contribution < 1.29 is 14.3 Å². The maximum Gasteiger partial charge on any atom is 0.267 e. The fourth-order valence-electron chi connectivity index (χ4n) is 2.87. The van der Waals surface area contributed by atoms with Crippen molar-refractivity contribution in [2.45, 2.75) is 12.2 Å². The van der Waals surface area contributed by atoms with Gasteiger partial charge in [0.2, 0.25) is 0 Å². The van der Waals surface area contributed by atoms with Gasteiger partial charge in [0, 0.05) is 39.3 Å². The number of amides is 1. The zero-order valence-corrected chi connectivity index (χ0v) is 11.8. The van der Waals surface area contributed by atoms with Crippen LogP contribution in [0.25, 0.3) is 0 Å². The average molecular weight is 279 g/mol. The maximum absolute atomic E-state index is 12.0. The van der Waals surface area contributed by atoms with Crippen LogP contribution in [0.5, 0.6) is 0 Å². The van der Waals surface area contributed by atoms with E-state index in [1.165, 1.54) is 0 Å². The molecule has 0 unspecified atom stereocenters. The molecule has 0 atom stereocenters. The van der Waals surface area contributed by atoms with Gasteiger partial charge < -0.3 is 19.4 Å². The van der Waals surface area contributed by atoms with Crippen molar-refractivity contribution in [1.82, 2.24) is 14.8 Å². The molecule has 1 spiro atoms. The lowest BCUT2D eigenvalue weighted by molar-refractivity contribution is -0.145. The van der Waals surface area contributed by atoms with E-state index in [2.05, 4.69) is 10.2 Å². The molecule has 20 heavy (non-hydrogen) atoms. The summed E-state index contributed by atoms with van der Waals surface area (Å²) in [6.45, 7) is 4.61. The topological polar surface area (TPSA) is 55.7 Å². The molecule has 6 heteroatoms. The molecule has 1 amide bonds. The Bertz CT molecular complexity index is 480. The van der Waals surface area contributed by atoms with Gasteiger partial charge >= 0.3 is 0 Å². The Labute approximate surface area is 118 Å². The lowest BCUT2D eigenvalue weighted by Crippen LogP contribution is -2.38. The van der Waals surface area contributed by atoms with E-state index in [-0.39, 0.29) is 11.7 Å². The van der Waals surface area contributed by atoms with Crippen LogP contribution in [-0.2, 0) is 16.5 Å². The van der Waals surface area contributed by atoms with Crippen LogP contribution in [0.15, 0.2) is 18.3 Å². The van der Waals surface area contributed by atoms with Crippen LogP contribution in [-0.4, -0.2) is 60.6 Å². The predicted molar refractivity (Wildman–Crippen MR) is 73.4 cm³/mol. The fourth-order valence-corrected chi connectivity index (χ4v) is 2.87. The Kier molecular flexibility index (Phi) is 3.78. The second kappa shape index (κ2) is 5.55. The summed E-state index contributed by atoms with van der Waals surface area (Å²) in [5.41, 5.74) is 0.686. The monoisotopic (exact) mass is 279 g/mol. The third-order valence-corrected chi connectivity index (χ3v) is 3.98. The second-order valence-electron chi connectivity index (χ2n) is 5.39. The van der Waals surface area contributed by atoms with E-state index in [1.807, 2.05) is 29.9 Å². The summed E-state index contributed by atoms with van der Waals surface area (Å²) in [5.74, 6) is -0.401. The number of aryl methyl sites for hydroxylation is 1. The number of carbonyl (C=O) groups excluding carboxylic acids is 1. The molecule has 2 saturated heterocycles. The number of aromatic nitrogens is 1. The first-order chi connectivity index (χ1) is 9.69. The zero-order chi connectivity index (χ0) is 14.0. The summed E-state index contributed by atoms with van der Waals surface area (Å²) < 4.78 is 13.2. The molecule has 110 valence electrons. The van der Waals surface area contributed by atoms with Crippen LogP contribution in [0.4, 0.5) is 0 Å². The van der Waals surface area contributed by atoms with Crippen molar-refractivity contribution in [2.24, 2.45) is 7.05 Å². The molecule has 0 saturated carbocycles. The predicted octanol–water partition coefficient (Wildman–Crippen LogP) is 0.204. The minimum atomic E-state index is -0.373. The number of nitrogens with one attached hydrogen (secondary N) is 1. The van der Waals surface area contributed by atoms with Crippen LogP contribution in [0.1, 0.15) is 16.9 Å². The summed E-state index contributed by atoms with van der Waals surface area (Å²) in [7, 11) is 1.87. The van der Waals surface area contributed by atoms with Crippen LogP contribution in [0.2, 0.25) is 0 Å². The van der Waals surface area contributed by atoms with E-state index < -0.39 is 0 Å². The Morgan fingerprint density at radius 1 is 1.45 bits per heavy atom. The van der Waals surface area contributed by atoms with E-state index in [9.17, 15) is 4.79 Å². The maximum atomic E-state index is 12.0. The van der Waals surface area contributed by atoms with E-state index in [0.29, 0.717) is 25.5 Å². The normalized spacial score (nSPS) is 21.6. The number of likely N-dealkylation sites (tertiary alicyclic amines) is 1. The standard InChI is InChI=1S/C14H21N3O3/c1-16-6-2-3-12(16)13(18)15-5-8-17-7-4-14(11-17)19-9-10-20-14/h2-3,6H,4-5,7-11H2,1H3,(H,15,18). The Morgan fingerprint density at radius 3 is 2.95 bits per heavy atom. The van der Waals surface area contributed by atoms with Gasteiger partial charge in [-0.15, -0.1) is 0 Å². The smallest absolute Gasteiger partial charge is 0.267 e. The Hall–Kier alpha value is -1.37. The number of hydrogen-bond donors (Lipinski definition) is 1. The molecule has 2 fully saturated rings. The molecular formula is C14H21N3O3. The van der Waals surface area contributed by atoms with E-state index in [1.54, 1.807) is 0 Å². The molecule has 3 heterocycles. The summed E-state index contributed by atoms with van der Waals surface area (Å²) in [4.78, 5) is 14.2. The summed E-state index contributed by atoms with van der Waals surface area (Å²) in [6, 6.07) is 3.69. The van der Waals surface area contributed by atoms with Gasteiger partial charge in [-0.1, -0.05) is 0 Å². The highest BCUT2D eigenvalue weighted by Crippen LogP contribution is 2.29. The van der Waals surface area contributed by atoms with Crippen molar-refractivity contribution in [3.63, 3.8) is 0 Å². The Balaban J connectivity index is 1.42. The van der Waals surface area contributed by atoms with Crippen molar-refractivity contribution >= 4 is 5.91 Å². The lowest BCUT2D eigenvalue weighted by atomic mass is 10.2. The Morgan fingerprint density at radius 2 is 2.25 bits per heavy atom. The number of rotatable bonds is 4. The highest BCUT2D eigenvalue weighted by molar-refractivity contribution is 5.92. The van der Waals surface area contributed by atoms with Crippen LogP contribution in [0, 0.1) is 0 Å². The molecular weight excluding hydrogens is 258 g/mol. The number of carbonyl (C=O) groups is 1. The molecule has 1 aromatic rings. The molecule has 1 N–H and O–H groups in total. The highest BCUT2D eigenvalue weighted by Gasteiger charge is 2.42. The van der Waals surface area contributed by atoms with E-state index in [0.717, 1.165) is 26.1 Å². The quantitative estimate of drug-likeness (QED) is 0.856. The SMILES string of the molecule is Cn1cccc1C(=O)NCCN1CCC2(C1)OCCO2. The summed E-state index contributed by atoms with van der Waals surface area (Å²) in [6.07, 6.45) is 2.78. The van der Waals surface area contributed by atoms with Crippen LogP contribution in [0.3, 0.4) is 0 Å².